The van der Waals surface area contributed by atoms with E-state index in [2.05, 4.69) is 5.10 Å². The topological polar surface area (TPSA) is 43.8 Å². The molecule has 1 atom stereocenters. The lowest BCUT2D eigenvalue weighted by Gasteiger charge is -2.11. The molecule has 0 aliphatic carbocycles. The molecule has 0 saturated heterocycles. The molecule has 2 rings (SSSR count). The summed E-state index contributed by atoms with van der Waals surface area (Å²) in [6.45, 7) is 5.65. The van der Waals surface area contributed by atoms with Gasteiger partial charge in [-0.25, -0.2) is 9.07 Å². The molecule has 1 unspecified atom stereocenters. The molecular formula is C15H19ClFN3. The van der Waals surface area contributed by atoms with Gasteiger partial charge in [-0.2, -0.15) is 5.10 Å². The van der Waals surface area contributed by atoms with E-state index < -0.39 is 0 Å². The van der Waals surface area contributed by atoms with Crippen LogP contribution in [0.1, 0.15) is 30.3 Å². The summed E-state index contributed by atoms with van der Waals surface area (Å²) in [7, 11) is 0. The van der Waals surface area contributed by atoms with Gasteiger partial charge in [-0.15, -0.1) is 0 Å². The SMILES string of the molecule is CCC(N)Cc1ccc(-n2nc(C)c(Cl)c2C)c(F)c1. The van der Waals surface area contributed by atoms with Gasteiger partial charge in [0.2, 0.25) is 0 Å². The maximum absolute atomic E-state index is 14.3. The molecule has 2 N–H and O–H groups in total. The Kier molecular flexibility index (Phi) is 4.45. The van der Waals surface area contributed by atoms with Crippen LogP contribution in [0.25, 0.3) is 5.69 Å². The van der Waals surface area contributed by atoms with Gasteiger partial charge in [-0.05, 0) is 44.4 Å². The average molecular weight is 296 g/mol. The van der Waals surface area contributed by atoms with Crippen molar-refractivity contribution >= 4 is 11.6 Å². The van der Waals surface area contributed by atoms with Crippen molar-refractivity contribution in [3.63, 3.8) is 0 Å². The first-order valence-corrected chi connectivity index (χ1v) is 7.08. The molecule has 0 radical (unpaired) electrons. The first kappa shape index (κ1) is 15.0. The fourth-order valence-corrected chi connectivity index (χ4v) is 2.27. The van der Waals surface area contributed by atoms with Crippen molar-refractivity contribution in [3.05, 3.63) is 46.0 Å². The fraction of sp³-hybridized carbons (Fsp3) is 0.400. The molecule has 20 heavy (non-hydrogen) atoms. The van der Waals surface area contributed by atoms with Gasteiger partial charge in [-0.1, -0.05) is 24.6 Å². The van der Waals surface area contributed by atoms with Crippen molar-refractivity contribution in [3.8, 4) is 5.69 Å². The summed E-state index contributed by atoms with van der Waals surface area (Å²) in [5.74, 6) is -0.312. The smallest absolute Gasteiger partial charge is 0.149 e. The summed E-state index contributed by atoms with van der Waals surface area (Å²) in [5.41, 5.74) is 8.63. The third kappa shape index (κ3) is 2.86. The zero-order chi connectivity index (χ0) is 14.9. The standard InChI is InChI=1S/C15H19ClFN3/c1-4-12(18)7-11-5-6-14(13(17)8-11)20-10(3)15(16)9(2)19-20/h5-6,8,12H,4,7,18H2,1-3H3. The minimum absolute atomic E-state index is 0.0587. The Morgan fingerprint density at radius 3 is 2.60 bits per heavy atom. The lowest BCUT2D eigenvalue weighted by atomic mass is 10.0. The summed E-state index contributed by atoms with van der Waals surface area (Å²) < 4.78 is 15.8. The number of halogens is 2. The highest BCUT2D eigenvalue weighted by Gasteiger charge is 2.14. The predicted octanol–water partition coefficient (Wildman–Crippen LogP) is 3.56. The summed E-state index contributed by atoms with van der Waals surface area (Å²) in [6, 6.07) is 5.19. The number of aromatic nitrogens is 2. The van der Waals surface area contributed by atoms with Crippen LogP contribution in [0.2, 0.25) is 5.02 Å². The van der Waals surface area contributed by atoms with Crippen LogP contribution in [0.3, 0.4) is 0 Å². The van der Waals surface area contributed by atoms with Crippen LogP contribution in [0.4, 0.5) is 4.39 Å². The molecule has 0 aliphatic heterocycles. The normalized spacial score (nSPS) is 12.7. The van der Waals surface area contributed by atoms with Gasteiger partial charge in [0.25, 0.3) is 0 Å². The summed E-state index contributed by atoms with van der Waals surface area (Å²) in [5, 5.41) is 4.84. The van der Waals surface area contributed by atoms with Crippen LogP contribution >= 0.6 is 11.6 Å². The van der Waals surface area contributed by atoms with Crippen molar-refractivity contribution in [2.45, 2.75) is 39.7 Å². The van der Waals surface area contributed by atoms with Crippen molar-refractivity contribution in [1.82, 2.24) is 9.78 Å². The monoisotopic (exact) mass is 295 g/mol. The molecule has 1 aromatic heterocycles. The highest BCUT2D eigenvalue weighted by atomic mass is 35.5. The van der Waals surface area contributed by atoms with Gasteiger partial charge in [0, 0.05) is 6.04 Å². The molecule has 2 aromatic rings. The Morgan fingerprint density at radius 1 is 1.40 bits per heavy atom. The molecule has 3 nitrogen and oxygen atoms in total. The molecule has 0 aliphatic rings. The molecule has 1 aromatic carbocycles. The van der Waals surface area contributed by atoms with Gasteiger partial charge in [0.05, 0.1) is 16.4 Å². The van der Waals surface area contributed by atoms with Crippen molar-refractivity contribution in [2.24, 2.45) is 5.73 Å². The zero-order valence-electron chi connectivity index (χ0n) is 12.0. The second kappa shape index (κ2) is 5.94. The summed E-state index contributed by atoms with van der Waals surface area (Å²) >= 11 is 6.10. The largest absolute Gasteiger partial charge is 0.327 e. The van der Waals surface area contributed by atoms with Gasteiger partial charge < -0.3 is 5.73 Å². The molecule has 0 fully saturated rings. The van der Waals surface area contributed by atoms with E-state index in [9.17, 15) is 4.39 Å². The lowest BCUT2D eigenvalue weighted by molar-refractivity contribution is 0.599. The van der Waals surface area contributed by atoms with Crippen molar-refractivity contribution in [1.29, 1.82) is 0 Å². The van der Waals surface area contributed by atoms with Crippen LogP contribution in [-0.4, -0.2) is 15.8 Å². The Balaban J connectivity index is 2.36. The number of nitrogens with zero attached hydrogens (tertiary/aromatic N) is 2. The highest BCUT2D eigenvalue weighted by Crippen LogP contribution is 2.24. The van der Waals surface area contributed by atoms with Crippen LogP contribution in [-0.2, 0) is 6.42 Å². The van der Waals surface area contributed by atoms with E-state index in [1.165, 1.54) is 10.7 Å². The second-order valence-corrected chi connectivity index (χ2v) is 5.43. The Morgan fingerprint density at radius 2 is 2.10 bits per heavy atom. The second-order valence-electron chi connectivity index (χ2n) is 5.05. The Labute approximate surface area is 123 Å². The number of aryl methyl sites for hydroxylation is 1. The van der Waals surface area contributed by atoms with Crippen LogP contribution in [0.15, 0.2) is 18.2 Å². The first-order chi connectivity index (χ1) is 9.43. The minimum Gasteiger partial charge on any atom is -0.327 e. The third-order valence-corrected chi connectivity index (χ3v) is 4.01. The average Bonchev–Trinajstić information content (AvgIpc) is 2.66. The van der Waals surface area contributed by atoms with Crippen LogP contribution in [0, 0.1) is 19.7 Å². The third-order valence-electron chi connectivity index (χ3n) is 3.47. The molecule has 5 heteroatoms. The van der Waals surface area contributed by atoms with E-state index in [-0.39, 0.29) is 11.9 Å². The quantitative estimate of drug-likeness (QED) is 0.937. The summed E-state index contributed by atoms with van der Waals surface area (Å²) in [4.78, 5) is 0. The lowest BCUT2D eigenvalue weighted by Crippen LogP contribution is -2.21. The van der Waals surface area contributed by atoms with E-state index in [0.717, 1.165) is 17.7 Å². The molecular weight excluding hydrogens is 277 g/mol. The van der Waals surface area contributed by atoms with Gasteiger partial charge in [-0.3, -0.25) is 0 Å². The predicted molar refractivity (Wildman–Crippen MR) is 80.0 cm³/mol. The highest BCUT2D eigenvalue weighted by molar-refractivity contribution is 6.31. The minimum atomic E-state index is -0.312. The fourth-order valence-electron chi connectivity index (χ4n) is 2.15. The molecule has 108 valence electrons. The van der Waals surface area contributed by atoms with E-state index in [1.807, 2.05) is 19.9 Å². The zero-order valence-corrected chi connectivity index (χ0v) is 12.7. The van der Waals surface area contributed by atoms with Crippen LogP contribution in [0.5, 0.6) is 0 Å². The molecule has 0 spiro atoms. The van der Waals surface area contributed by atoms with Crippen molar-refractivity contribution in [2.75, 3.05) is 0 Å². The van der Waals surface area contributed by atoms with Crippen LogP contribution < -0.4 is 5.73 Å². The van der Waals surface area contributed by atoms with E-state index in [1.54, 1.807) is 13.0 Å². The number of rotatable bonds is 4. The Bertz CT molecular complexity index is 622. The maximum atomic E-state index is 14.3. The van der Waals surface area contributed by atoms with E-state index in [0.29, 0.717) is 22.8 Å². The van der Waals surface area contributed by atoms with Gasteiger partial charge in [0.15, 0.2) is 0 Å². The van der Waals surface area contributed by atoms with Gasteiger partial charge in [0.1, 0.15) is 11.5 Å². The van der Waals surface area contributed by atoms with E-state index in [4.69, 9.17) is 17.3 Å². The van der Waals surface area contributed by atoms with Crippen molar-refractivity contribution < 1.29 is 4.39 Å². The maximum Gasteiger partial charge on any atom is 0.149 e. The van der Waals surface area contributed by atoms with E-state index >= 15 is 0 Å². The molecule has 0 amide bonds. The number of hydrogen-bond donors (Lipinski definition) is 1. The molecule has 1 heterocycles. The Hall–Kier alpha value is -1.39. The van der Waals surface area contributed by atoms with Gasteiger partial charge >= 0.3 is 0 Å². The number of benzene rings is 1. The number of hydrogen-bond acceptors (Lipinski definition) is 2. The number of nitrogens with two attached hydrogens (primary N) is 1. The molecule has 0 bridgehead atoms. The summed E-state index contributed by atoms with van der Waals surface area (Å²) in [6.07, 6.45) is 1.54. The first-order valence-electron chi connectivity index (χ1n) is 6.70. The molecule has 0 saturated carbocycles.